The molecular weight excluding hydrogens is 265 g/mol. The molecule has 2 aromatic rings. The van der Waals surface area contributed by atoms with Gasteiger partial charge in [-0.3, -0.25) is 4.79 Å². The van der Waals surface area contributed by atoms with Gasteiger partial charge in [-0.05, 0) is 42.5 Å². The van der Waals surface area contributed by atoms with E-state index in [9.17, 15) is 14.0 Å². The van der Waals surface area contributed by atoms with Gasteiger partial charge in [0.2, 0.25) is 5.91 Å². The number of primary amides is 1. The number of carboxylic acid groups (broad SMARTS) is 1. The summed E-state index contributed by atoms with van der Waals surface area (Å²) >= 11 is 0. The van der Waals surface area contributed by atoms with Crippen molar-refractivity contribution >= 4 is 11.9 Å². The third kappa shape index (κ3) is 2.92. The minimum Gasteiger partial charge on any atom is -0.478 e. The minimum absolute atomic E-state index is 0.109. The van der Waals surface area contributed by atoms with Crippen LogP contribution in [0.3, 0.4) is 0 Å². The summed E-state index contributed by atoms with van der Waals surface area (Å²) in [7, 11) is 0. The lowest BCUT2D eigenvalue weighted by atomic mass is 10.2. The fourth-order valence-corrected chi connectivity index (χ4v) is 1.53. The van der Waals surface area contributed by atoms with Gasteiger partial charge < -0.3 is 15.6 Å². The maximum atomic E-state index is 13.6. The summed E-state index contributed by atoms with van der Waals surface area (Å²) in [5.74, 6) is -2.39. The van der Waals surface area contributed by atoms with Crippen LogP contribution in [0.5, 0.6) is 11.5 Å². The Morgan fingerprint density at radius 1 is 1.05 bits per heavy atom. The van der Waals surface area contributed by atoms with E-state index in [1.54, 1.807) is 0 Å². The predicted octanol–water partition coefficient (Wildman–Crippen LogP) is 2.42. The molecule has 0 spiro atoms. The van der Waals surface area contributed by atoms with E-state index in [-0.39, 0.29) is 11.3 Å². The van der Waals surface area contributed by atoms with Crippen molar-refractivity contribution < 1.29 is 23.8 Å². The quantitative estimate of drug-likeness (QED) is 0.896. The molecule has 0 heterocycles. The van der Waals surface area contributed by atoms with Crippen molar-refractivity contribution in [2.75, 3.05) is 0 Å². The Labute approximate surface area is 113 Å². The molecule has 6 heteroatoms. The van der Waals surface area contributed by atoms with Gasteiger partial charge in [-0.25, -0.2) is 9.18 Å². The number of nitrogens with two attached hydrogens (primary N) is 1. The van der Waals surface area contributed by atoms with Gasteiger partial charge in [0.05, 0.1) is 5.56 Å². The lowest BCUT2D eigenvalue weighted by Crippen LogP contribution is -2.10. The SMILES string of the molecule is NC(=O)c1ccc(Oc2ccc(C(=O)O)cc2F)cc1. The van der Waals surface area contributed by atoms with E-state index >= 15 is 0 Å². The van der Waals surface area contributed by atoms with Gasteiger partial charge in [0.25, 0.3) is 0 Å². The number of hydrogen-bond donors (Lipinski definition) is 2. The number of amides is 1. The molecule has 2 rings (SSSR count). The zero-order chi connectivity index (χ0) is 14.7. The number of carbonyl (C=O) groups excluding carboxylic acids is 1. The molecule has 0 unspecified atom stereocenters. The normalized spacial score (nSPS) is 10.1. The Morgan fingerprint density at radius 2 is 1.65 bits per heavy atom. The molecule has 0 saturated carbocycles. The van der Waals surface area contributed by atoms with E-state index in [4.69, 9.17) is 15.6 Å². The van der Waals surface area contributed by atoms with E-state index in [2.05, 4.69) is 0 Å². The molecule has 2 aromatic carbocycles. The molecule has 0 bridgehead atoms. The van der Waals surface area contributed by atoms with E-state index in [1.165, 1.54) is 36.4 Å². The van der Waals surface area contributed by atoms with Crippen LogP contribution in [0.4, 0.5) is 4.39 Å². The maximum absolute atomic E-state index is 13.6. The van der Waals surface area contributed by atoms with Crippen molar-refractivity contribution in [2.24, 2.45) is 5.73 Å². The van der Waals surface area contributed by atoms with E-state index in [1.807, 2.05) is 0 Å². The molecule has 3 N–H and O–H groups in total. The first kappa shape index (κ1) is 13.5. The average molecular weight is 275 g/mol. The van der Waals surface area contributed by atoms with Gasteiger partial charge in [-0.15, -0.1) is 0 Å². The molecule has 0 radical (unpaired) electrons. The molecule has 0 aromatic heterocycles. The fourth-order valence-electron chi connectivity index (χ4n) is 1.53. The monoisotopic (exact) mass is 275 g/mol. The van der Waals surface area contributed by atoms with Crippen LogP contribution in [-0.2, 0) is 0 Å². The molecule has 0 fully saturated rings. The van der Waals surface area contributed by atoms with Crippen LogP contribution in [0.1, 0.15) is 20.7 Å². The van der Waals surface area contributed by atoms with Crippen LogP contribution >= 0.6 is 0 Å². The van der Waals surface area contributed by atoms with Gasteiger partial charge in [0, 0.05) is 5.56 Å². The molecule has 5 nitrogen and oxygen atoms in total. The van der Waals surface area contributed by atoms with Crippen molar-refractivity contribution in [3.05, 3.63) is 59.4 Å². The highest BCUT2D eigenvalue weighted by Gasteiger charge is 2.10. The molecule has 0 aliphatic heterocycles. The molecule has 0 saturated heterocycles. The van der Waals surface area contributed by atoms with Crippen LogP contribution in [0, 0.1) is 5.82 Å². The summed E-state index contributed by atoms with van der Waals surface area (Å²) in [4.78, 5) is 21.6. The lowest BCUT2D eigenvalue weighted by Gasteiger charge is -2.07. The van der Waals surface area contributed by atoms with Crippen molar-refractivity contribution in [1.82, 2.24) is 0 Å². The number of aromatic carboxylic acids is 1. The Kier molecular flexibility index (Phi) is 3.65. The molecule has 0 atom stereocenters. The van der Waals surface area contributed by atoms with Gasteiger partial charge >= 0.3 is 5.97 Å². The second kappa shape index (κ2) is 5.40. The zero-order valence-electron chi connectivity index (χ0n) is 10.2. The second-order valence-electron chi connectivity index (χ2n) is 3.94. The van der Waals surface area contributed by atoms with E-state index < -0.39 is 17.7 Å². The van der Waals surface area contributed by atoms with Crippen molar-refractivity contribution in [1.29, 1.82) is 0 Å². The third-order valence-corrected chi connectivity index (χ3v) is 2.55. The zero-order valence-corrected chi connectivity index (χ0v) is 10.2. The largest absolute Gasteiger partial charge is 0.478 e. The number of hydrogen-bond acceptors (Lipinski definition) is 3. The Morgan fingerprint density at radius 3 is 2.15 bits per heavy atom. The molecular formula is C14H10FNO4. The van der Waals surface area contributed by atoms with Crippen molar-refractivity contribution in [3.63, 3.8) is 0 Å². The smallest absolute Gasteiger partial charge is 0.335 e. The van der Waals surface area contributed by atoms with Gasteiger partial charge in [0.15, 0.2) is 11.6 Å². The number of carbonyl (C=O) groups is 2. The van der Waals surface area contributed by atoms with Crippen LogP contribution < -0.4 is 10.5 Å². The number of benzene rings is 2. The maximum Gasteiger partial charge on any atom is 0.335 e. The highest BCUT2D eigenvalue weighted by Crippen LogP contribution is 2.25. The highest BCUT2D eigenvalue weighted by molar-refractivity contribution is 5.92. The van der Waals surface area contributed by atoms with Gasteiger partial charge in [0.1, 0.15) is 5.75 Å². The first-order valence-electron chi connectivity index (χ1n) is 5.58. The number of carboxylic acids is 1. The van der Waals surface area contributed by atoms with Crippen molar-refractivity contribution in [2.45, 2.75) is 0 Å². The first-order chi connectivity index (χ1) is 9.47. The lowest BCUT2D eigenvalue weighted by molar-refractivity contribution is 0.0696. The first-order valence-corrected chi connectivity index (χ1v) is 5.58. The summed E-state index contributed by atoms with van der Waals surface area (Å²) in [5.41, 5.74) is 5.23. The number of ether oxygens (including phenoxy) is 1. The van der Waals surface area contributed by atoms with E-state index in [0.29, 0.717) is 11.3 Å². The van der Waals surface area contributed by atoms with Gasteiger partial charge in [-0.1, -0.05) is 0 Å². The van der Waals surface area contributed by atoms with Crippen LogP contribution in [-0.4, -0.2) is 17.0 Å². The van der Waals surface area contributed by atoms with Crippen molar-refractivity contribution in [3.8, 4) is 11.5 Å². The average Bonchev–Trinajstić information content (AvgIpc) is 2.41. The predicted molar refractivity (Wildman–Crippen MR) is 68.4 cm³/mol. The molecule has 20 heavy (non-hydrogen) atoms. The second-order valence-corrected chi connectivity index (χ2v) is 3.94. The summed E-state index contributed by atoms with van der Waals surface area (Å²) < 4.78 is 18.9. The van der Waals surface area contributed by atoms with Crippen LogP contribution in [0.15, 0.2) is 42.5 Å². The summed E-state index contributed by atoms with van der Waals surface area (Å²) in [6.07, 6.45) is 0. The molecule has 1 amide bonds. The summed E-state index contributed by atoms with van der Waals surface area (Å²) in [6.45, 7) is 0. The summed E-state index contributed by atoms with van der Waals surface area (Å²) in [5, 5.41) is 8.72. The third-order valence-electron chi connectivity index (χ3n) is 2.55. The van der Waals surface area contributed by atoms with Gasteiger partial charge in [-0.2, -0.15) is 0 Å². The molecule has 102 valence electrons. The van der Waals surface area contributed by atoms with E-state index in [0.717, 1.165) is 6.07 Å². The Hall–Kier alpha value is -2.89. The fraction of sp³-hybridized carbons (Fsp3) is 0. The minimum atomic E-state index is -1.22. The van der Waals surface area contributed by atoms with Crippen LogP contribution in [0.25, 0.3) is 0 Å². The number of rotatable bonds is 4. The molecule has 0 aliphatic carbocycles. The highest BCUT2D eigenvalue weighted by atomic mass is 19.1. The standard InChI is InChI=1S/C14H10FNO4/c15-11-7-9(14(18)19)3-6-12(11)20-10-4-1-8(2-5-10)13(16)17/h1-7H,(H2,16,17)(H,18,19). The van der Waals surface area contributed by atoms with Crippen LogP contribution in [0.2, 0.25) is 0 Å². The topological polar surface area (TPSA) is 89.6 Å². The Balaban J connectivity index is 2.21. The summed E-state index contributed by atoms with van der Waals surface area (Å²) in [6, 6.07) is 9.15. The number of halogens is 1. The Bertz CT molecular complexity index is 667. The molecule has 0 aliphatic rings.